The maximum atomic E-state index is 11.6. The van der Waals surface area contributed by atoms with Crippen LogP contribution < -0.4 is 22.1 Å². The topological polar surface area (TPSA) is 118 Å². The predicted octanol–water partition coefficient (Wildman–Crippen LogP) is 0.384. The Labute approximate surface area is 124 Å². The maximum absolute atomic E-state index is 11.6. The number of hydrogen-bond acceptors (Lipinski definition) is 6. The van der Waals surface area contributed by atoms with Gasteiger partial charge in [-0.25, -0.2) is 26.3 Å². The molecule has 1 saturated heterocycles. The van der Waals surface area contributed by atoms with Gasteiger partial charge in [-0.2, -0.15) is 5.06 Å². The highest BCUT2D eigenvalue weighted by Gasteiger charge is 2.47. The molecule has 1 fully saturated rings. The van der Waals surface area contributed by atoms with E-state index in [9.17, 15) is 9.59 Å². The van der Waals surface area contributed by atoms with Crippen molar-refractivity contribution in [3.05, 3.63) is 0 Å². The number of hydrogen-bond donors (Lipinski definition) is 4. The summed E-state index contributed by atoms with van der Waals surface area (Å²) in [7, 11) is 1.63. The van der Waals surface area contributed by atoms with Crippen LogP contribution in [0, 0.1) is 0 Å². The van der Waals surface area contributed by atoms with Crippen LogP contribution in [0.2, 0.25) is 0 Å². The minimum atomic E-state index is -0.735. The number of carbonyl (C=O) groups is 2. The average molecular weight is 303 g/mol. The highest BCUT2D eigenvalue weighted by atomic mass is 16.7. The van der Waals surface area contributed by atoms with Crippen molar-refractivity contribution in [1.29, 1.82) is 0 Å². The number of hydroxylamine groups is 2. The normalized spacial score (nSPS) is 21.4. The predicted molar refractivity (Wildman–Crippen MR) is 75.5 cm³/mol. The van der Waals surface area contributed by atoms with Gasteiger partial charge in [-0.05, 0) is 27.7 Å². The van der Waals surface area contributed by atoms with Gasteiger partial charge in [0.05, 0.1) is 7.11 Å². The number of nitrogens with one attached hydrogen (secondary N) is 3. The van der Waals surface area contributed by atoms with Crippen LogP contribution in [-0.4, -0.2) is 41.5 Å². The fraction of sp³-hybridized carbons (Fsp3) is 0.833. The second kappa shape index (κ2) is 6.46. The molecule has 122 valence electrons. The Kier molecular flexibility index (Phi) is 5.37. The van der Waals surface area contributed by atoms with E-state index in [4.69, 9.17) is 15.4 Å². The van der Waals surface area contributed by atoms with Crippen molar-refractivity contribution >= 4 is 12.1 Å². The summed E-state index contributed by atoms with van der Waals surface area (Å²) in [4.78, 5) is 28.0. The molecule has 0 atom stereocenters. The number of nitrogens with zero attached hydrogens (tertiary/aromatic N) is 1. The van der Waals surface area contributed by atoms with Crippen LogP contribution in [0.5, 0.6) is 0 Å². The van der Waals surface area contributed by atoms with Crippen molar-refractivity contribution in [2.75, 3.05) is 7.11 Å². The molecule has 9 heteroatoms. The van der Waals surface area contributed by atoms with Gasteiger partial charge in [0.25, 0.3) is 0 Å². The summed E-state index contributed by atoms with van der Waals surface area (Å²) in [6.07, 6.45) is 0.201. The molecule has 1 aliphatic rings. The van der Waals surface area contributed by atoms with Gasteiger partial charge in [0, 0.05) is 23.9 Å². The molecule has 0 aromatic carbocycles. The molecule has 0 spiro atoms. The minimum Gasteiger partial charge on any atom is -0.445 e. The molecule has 5 N–H and O–H groups in total. The summed E-state index contributed by atoms with van der Waals surface area (Å²) < 4.78 is 5.33. The number of urea groups is 1. The monoisotopic (exact) mass is 303 g/mol. The van der Waals surface area contributed by atoms with Crippen molar-refractivity contribution in [2.45, 2.75) is 57.7 Å². The number of carbonyl (C=O) groups excluding carboxylic acids is 2. The number of ether oxygens (including phenoxy) is 1. The summed E-state index contributed by atoms with van der Waals surface area (Å²) >= 11 is 0. The van der Waals surface area contributed by atoms with Gasteiger partial charge in [-0.1, -0.05) is 0 Å². The van der Waals surface area contributed by atoms with E-state index in [0.29, 0.717) is 12.8 Å². The van der Waals surface area contributed by atoms with Crippen LogP contribution in [0.1, 0.15) is 40.5 Å². The van der Waals surface area contributed by atoms with Gasteiger partial charge >= 0.3 is 12.1 Å². The first kappa shape index (κ1) is 17.5. The first-order valence-corrected chi connectivity index (χ1v) is 6.70. The second-order valence-electron chi connectivity index (χ2n) is 6.26. The Morgan fingerprint density at radius 3 is 2.10 bits per heavy atom. The standard InChI is InChI=1S/C12H25N5O4/c1-11(2)6-8(7-12(3,4)17(11)20-5)21-10(19)16-15-9(18)14-13/h8H,6-7,13H2,1-5H3,(H,16,19)(H2,14,15,18). The summed E-state index contributed by atoms with van der Waals surface area (Å²) in [5, 5.41) is 1.91. The molecule has 0 aliphatic carbocycles. The lowest BCUT2D eigenvalue weighted by atomic mass is 9.80. The molecule has 1 rings (SSSR count). The summed E-state index contributed by atoms with van der Waals surface area (Å²) in [6, 6.07) is -0.734. The van der Waals surface area contributed by atoms with Crippen molar-refractivity contribution in [1.82, 2.24) is 21.3 Å². The molecule has 0 unspecified atom stereocenters. The van der Waals surface area contributed by atoms with Crippen LogP contribution in [-0.2, 0) is 9.57 Å². The third kappa shape index (κ3) is 4.45. The lowest BCUT2D eigenvalue weighted by Crippen LogP contribution is -2.62. The van der Waals surface area contributed by atoms with Gasteiger partial charge in [-0.15, -0.1) is 0 Å². The Bertz CT molecular complexity index is 381. The lowest BCUT2D eigenvalue weighted by molar-refractivity contribution is -0.276. The van der Waals surface area contributed by atoms with Gasteiger partial charge in [-0.3, -0.25) is 5.43 Å². The van der Waals surface area contributed by atoms with Crippen molar-refractivity contribution < 1.29 is 19.2 Å². The van der Waals surface area contributed by atoms with E-state index in [-0.39, 0.29) is 17.2 Å². The van der Waals surface area contributed by atoms with E-state index in [1.54, 1.807) is 7.11 Å². The summed E-state index contributed by atoms with van der Waals surface area (Å²) in [6.45, 7) is 8.08. The number of piperidine rings is 1. The van der Waals surface area contributed by atoms with E-state index in [0.717, 1.165) is 0 Å². The van der Waals surface area contributed by atoms with Gasteiger partial charge in [0.1, 0.15) is 6.10 Å². The number of nitrogens with two attached hydrogens (primary N) is 1. The van der Waals surface area contributed by atoms with Crippen molar-refractivity contribution in [3.63, 3.8) is 0 Å². The Hall–Kier alpha value is -1.58. The van der Waals surface area contributed by atoms with E-state index in [1.807, 2.05) is 43.6 Å². The second-order valence-corrected chi connectivity index (χ2v) is 6.26. The van der Waals surface area contributed by atoms with Gasteiger partial charge in [0.15, 0.2) is 0 Å². The van der Waals surface area contributed by atoms with Crippen LogP contribution in [0.25, 0.3) is 0 Å². The van der Waals surface area contributed by atoms with E-state index >= 15 is 0 Å². The molecule has 0 saturated carbocycles. The molecule has 0 aromatic rings. The number of amides is 3. The van der Waals surface area contributed by atoms with Crippen LogP contribution in [0.3, 0.4) is 0 Å². The Morgan fingerprint density at radius 2 is 1.67 bits per heavy atom. The zero-order valence-corrected chi connectivity index (χ0v) is 13.1. The highest BCUT2D eigenvalue weighted by Crippen LogP contribution is 2.39. The van der Waals surface area contributed by atoms with Crippen molar-refractivity contribution in [3.8, 4) is 0 Å². The third-order valence-electron chi connectivity index (χ3n) is 3.42. The molecule has 0 bridgehead atoms. The molecule has 0 aromatic heterocycles. The smallest absolute Gasteiger partial charge is 0.426 e. The SMILES string of the molecule is CON1C(C)(C)CC(OC(=O)NNC(=O)NN)CC1(C)C. The number of rotatable bonds is 2. The fourth-order valence-electron chi connectivity index (χ4n) is 3.07. The molecule has 3 amide bonds. The minimum absolute atomic E-state index is 0.288. The zero-order valence-electron chi connectivity index (χ0n) is 13.1. The van der Waals surface area contributed by atoms with E-state index < -0.39 is 12.1 Å². The van der Waals surface area contributed by atoms with E-state index in [1.165, 1.54) is 0 Å². The van der Waals surface area contributed by atoms with Gasteiger partial charge < -0.3 is 9.57 Å². The third-order valence-corrected chi connectivity index (χ3v) is 3.42. The van der Waals surface area contributed by atoms with Crippen LogP contribution in [0.4, 0.5) is 9.59 Å². The van der Waals surface area contributed by atoms with E-state index in [2.05, 4.69) is 5.43 Å². The average Bonchev–Trinajstić information content (AvgIpc) is 2.33. The molecule has 1 heterocycles. The Morgan fingerprint density at radius 1 is 1.14 bits per heavy atom. The molecule has 0 radical (unpaired) electrons. The van der Waals surface area contributed by atoms with Crippen molar-refractivity contribution in [2.24, 2.45) is 5.84 Å². The first-order chi connectivity index (χ1) is 9.62. The fourth-order valence-corrected chi connectivity index (χ4v) is 3.07. The molecule has 9 nitrogen and oxygen atoms in total. The zero-order chi connectivity index (χ0) is 16.3. The van der Waals surface area contributed by atoms with Crippen LogP contribution in [0.15, 0.2) is 0 Å². The number of hydrazine groups is 2. The largest absolute Gasteiger partial charge is 0.445 e. The maximum Gasteiger partial charge on any atom is 0.426 e. The lowest BCUT2D eigenvalue weighted by Gasteiger charge is -2.52. The van der Waals surface area contributed by atoms with Gasteiger partial charge in [0.2, 0.25) is 0 Å². The molecular formula is C12H25N5O4. The first-order valence-electron chi connectivity index (χ1n) is 6.70. The highest BCUT2D eigenvalue weighted by molar-refractivity contribution is 5.77. The molecular weight excluding hydrogens is 278 g/mol. The van der Waals surface area contributed by atoms with Crippen LogP contribution >= 0.6 is 0 Å². The summed E-state index contributed by atoms with van der Waals surface area (Å²) in [5.41, 5.74) is 5.40. The summed E-state index contributed by atoms with van der Waals surface area (Å²) in [5.74, 6) is 4.87. The Balaban J connectivity index is 2.61. The molecule has 21 heavy (non-hydrogen) atoms. The molecule has 1 aliphatic heterocycles. The quantitative estimate of drug-likeness (QED) is 0.333.